The minimum atomic E-state index is -0.623. The van der Waals surface area contributed by atoms with E-state index in [1.807, 2.05) is 26.8 Å². The molecule has 0 radical (unpaired) electrons. The number of hydrogen-bond acceptors (Lipinski definition) is 13. The number of aromatic nitrogens is 3. The summed E-state index contributed by atoms with van der Waals surface area (Å²) in [6.45, 7) is 17.0. The van der Waals surface area contributed by atoms with E-state index in [-0.39, 0.29) is 12.1 Å². The Kier molecular flexibility index (Phi) is 10.6. The third-order valence-electron chi connectivity index (χ3n) is 10.0. The number of nitrogens with zero attached hydrogens (tertiary/aromatic N) is 8. The monoisotopic (exact) mass is 705 g/mol. The first kappa shape index (κ1) is 35.9. The Labute approximate surface area is 299 Å². The molecule has 3 aromatic rings. The number of carbonyl (C=O) groups excluding carboxylic acids is 1. The summed E-state index contributed by atoms with van der Waals surface area (Å²) in [5.74, 6) is 1.75. The Morgan fingerprint density at radius 2 is 1.94 bits per heavy atom. The first-order valence-corrected chi connectivity index (χ1v) is 18.6. The highest BCUT2D eigenvalue weighted by molar-refractivity contribution is 7.16. The number of ether oxygens (including phenoxy) is 2. The largest absolute Gasteiger partial charge is 0.444 e. The van der Waals surface area contributed by atoms with Gasteiger partial charge in [-0.2, -0.15) is 10.2 Å². The number of methoxy groups -OCH3 is 1. The lowest BCUT2D eigenvalue weighted by molar-refractivity contribution is 0.0240. The Morgan fingerprint density at radius 1 is 1.16 bits per heavy atom. The van der Waals surface area contributed by atoms with Gasteiger partial charge in [0.2, 0.25) is 11.7 Å². The van der Waals surface area contributed by atoms with Crippen LogP contribution in [0.15, 0.2) is 16.7 Å². The van der Waals surface area contributed by atoms with Crippen LogP contribution in [0.25, 0.3) is 11.5 Å². The van der Waals surface area contributed by atoms with Gasteiger partial charge in [0.1, 0.15) is 28.2 Å². The lowest BCUT2D eigenvalue weighted by Crippen LogP contribution is -2.50. The van der Waals surface area contributed by atoms with E-state index in [1.54, 1.807) is 12.0 Å². The summed E-state index contributed by atoms with van der Waals surface area (Å²) >= 11 is 1.49. The van der Waals surface area contributed by atoms with Gasteiger partial charge in [0, 0.05) is 87.8 Å². The topological polar surface area (TPSA) is 150 Å². The predicted molar refractivity (Wildman–Crippen MR) is 195 cm³/mol. The maximum absolute atomic E-state index is 12.8. The number of nitriles is 1. The number of carbonyl (C=O) groups is 1. The van der Waals surface area contributed by atoms with Gasteiger partial charge in [-0.15, -0.1) is 11.3 Å². The molecule has 3 aliphatic rings. The molecule has 1 unspecified atom stereocenters. The number of amides is 1. The van der Waals surface area contributed by atoms with E-state index >= 15 is 0 Å². The third kappa shape index (κ3) is 7.55. The van der Waals surface area contributed by atoms with Crippen molar-refractivity contribution in [2.45, 2.75) is 83.8 Å². The molecular formula is C36H51N9O4S. The number of thiophene rings is 1. The Bertz CT molecular complexity index is 1700. The number of anilines is 3. The summed E-state index contributed by atoms with van der Waals surface area (Å²) in [6, 6.07) is 6.75. The second-order valence-corrected chi connectivity index (χ2v) is 16.1. The number of piperazine rings is 1. The molecule has 0 saturated carbocycles. The number of rotatable bonds is 8. The van der Waals surface area contributed by atoms with Crippen molar-refractivity contribution in [3.63, 3.8) is 0 Å². The maximum Gasteiger partial charge on any atom is 0.410 e. The lowest BCUT2D eigenvalue weighted by Gasteiger charge is -2.37. The quantitative estimate of drug-likeness (QED) is 0.304. The summed E-state index contributed by atoms with van der Waals surface area (Å²) in [6.07, 6.45) is 4.34. The van der Waals surface area contributed by atoms with Crippen LogP contribution in [0.1, 0.15) is 82.2 Å². The van der Waals surface area contributed by atoms with Crippen LogP contribution < -0.4 is 15.5 Å². The fourth-order valence-electron chi connectivity index (χ4n) is 7.51. The minimum absolute atomic E-state index is 0.230. The van der Waals surface area contributed by atoms with Crippen LogP contribution in [0.5, 0.6) is 0 Å². The molecule has 2 saturated heterocycles. The summed E-state index contributed by atoms with van der Waals surface area (Å²) in [7, 11) is 1.75. The van der Waals surface area contributed by atoms with Crippen LogP contribution in [-0.2, 0) is 21.3 Å². The van der Waals surface area contributed by atoms with Gasteiger partial charge in [0.25, 0.3) is 0 Å². The zero-order valence-corrected chi connectivity index (χ0v) is 31.1. The molecule has 5 heterocycles. The highest BCUT2D eigenvalue weighted by atomic mass is 32.1. The van der Waals surface area contributed by atoms with Crippen LogP contribution in [0, 0.1) is 11.3 Å². The van der Waals surface area contributed by atoms with Gasteiger partial charge in [-0.05, 0) is 79.3 Å². The molecule has 13 nitrogen and oxygen atoms in total. The molecule has 2 fully saturated rings. The zero-order valence-electron chi connectivity index (χ0n) is 30.3. The maximum atomic E-state index is 12.8. The highest BCUT2D eigenvalue weighted by Crippen LogP contribution is 2.48. The van der Waals surface area contributed by atoms with Crippen LogP contribution in [-0.4, -0.2) is 109 Å². The molecule has 2 N–H and O–H groups in total. The van der Waals surface area contributed by atoms with Crippen LogP contribution >= 0.6 is 11.3 Å². The summed E-state index contributed by atoms with van der Waals surface area (Å²) in [5, 5.41) is 15.0. The molecule has 2 aliphatic heterocycles. The Hall–Kier alpha value is -3.93. The van der Waals surface area contributed by atoms with Crippen molar-refractivity contribution in [1.29, 1.82) is 5.26 Å². The molecule has 1 aliphatic carbocycles. The number of nitrogen functional groups attached to an aromatic ring is 1. The van der Waals surface area contributed by atoms with Crippen molar-refractivity contribution < 1.29 is 18.8 Å². The second-order valence-electron chi connectivity index (χ2n) is 14.9. The van der Waals surface area contributed by atoms with Crippen molar-refractivity contribution in [2.24, 2.45) is 0 Å². The number of pyridine rings is 1. The van der Waals surface area contributed by atoms with Gasteiger partial charge in [0.15, 0.2) is 0 Å². The predicted octanol–water partition coefficient (Wildman–Crippen LogP) is 5.28. The van der Waals surface area contributed by atoms with Gasteiger partial charge in [-0.1, -0.05) is 5.16 Å². The van der Waals surface area contributed by atoms with Crippen molar-refractivity contribution in [3.05, 3.63) is 34.0 Å². The van der Waals surface area contributed by atoms with E-state index in [1.165, 1.54) is 11.3 Å². The summed E-state index contributed by atoms with van der Waals surface area (Å²) < 4.78 is 17.0. The first-order chi connectivity index (χ1) is 23.9. The molecule has 0 aromatic carbocycles. The van der Waals surface area contributed by atoms with Gasteiger partial charge in [-0.3, -0.25) is 0 Å². The number of aryl methyl sites for hydroxylation is 1. The van der Waals surface area contributed by atoms with E-state index < -0.39 is 11.0 Å². The molecule has 270 valence electrons. The van der Waals surface area contributed by atoms with Crippen molar-refractivity contribution in [2.75, 3.05) is 81.6 Å². The average molecular weight is 706 g/mol. The lowest BCUT2D eigenvalue weighted by atomic mass is 9.72. The normalized spacial score (nSPS) is 21.9. The van der Waals surface area contributed by atoms with E-state index in [2.05, 4.69) is 45.8 Å². The molecule has 2 atom stereocenters. The molecule has 0 bridgehead atoms. The van der Waals surface area contributed by atoms with Gasteiger partial charge in [0.05, 0.1) is 11.0 Å². The standard InChI is InChI=1S/C36H51N9O4S/c1-24-23-42(13-9-19-47-6)12-8-14-45(24)29-21-25(43-15-17-44(18-16-43)34(46)48-35(2,3)4)20-27(39-29)32-40-33(49-41-32)36(5)11-7-10-28-30(36)26(22-37)31(38)50-28/h20-21,24H,7-19,23,38H2,1-6H3/t24-,36?/m0/s1. The molecule has 1 amide bonds. The van der Waals surface area contributed by atoms with Crippen LogP contribution in [0.4, 0.5) is 21.3 Å². The molecule has 3 aromatic heterocycles. The third-order valence-corrected chi connectivity index (χ3v) is 11.1. The van der Waals surface area contributed by atoms with Gasteiger partial charge in [-0.25, -0.2) is 9.78 Å². The molecule has 0 spiro atoms. The molecule has 50 heavy (non-hydrogen) atoms. The number of fused-ring (bicyclic) bond motifs is 1. The average Bonchev–Trinajstić information content (AvgIpc) is 3.66. The molecule has 6 rings (SSSR count). The molecular weight excluding hydrogens is 655 g/mol. The fraction of sp³-hybridized carbons (Fsp3) is 0.639. The van der Waals surface area contributed by atoms with E-state index in [4.69, 9.17) is 29.7 Å². The van der Waals surface area contributed by atoms with Crippen molar-refractivity contribution in [1.82, 2.24) is 24.9 Å². The van der Waals surface area contributed by atoms with E-state index in [0.717, 1.165) is 86.8 Å². The first-order valence-electron chi connectivity index (χ1n) is 17.8. The smallest absolute Gasteiger partial charge is 0.410 e. The summed E-state index contributed by atoms with van der Waals surface area (Å²) in [5.41, 5.74) is 8.18. The van der Waals surface area contributed by atoms with Gasteiger partial charge >= 0.3 is 6.09 Å². The van der Waals surface area contributed by atoms with Crippen molar-refractivity contribution in [3.8, 4) is 17.6 Å². The second kappa shape index (κ2) is 14.7. The molecule has 14 heteroatoms. The Balaban J connectivity index is 1.32. The minimum Gasteiger partial charge on any atom is -0.444 e. The summed E-state index contributed by atoms with van der Waals surface area (Å²) in [4.78, 5) is 33.1. The van der Waals surface area contributed by atoms with E-state index in [9.17, 15) is 10.1 Å². The SMILES string of the molecule is COCCCN1CCCN(c2cc(N3CCN(C(=O)OC(C)(C)C)CC3)cc(-c3noc(C4(C)CCCc5sc(N)c(C#N)c54)n3)n2)[C@@H](C)C1. The van der Waals surface area contributed by atoms with E-state index in [0.29, 0.717) is 54.2 Å². The van der Waals surface area contributed by atoms with Crippen LogP contribution in [0.3, 0.4) is 0 Å². The highest BCUT2D eigenvalue weighted by Gasteiger charge is 2.43. The zero-order chi connectivity index (χ0) is 35.6. The fourth-order valence-corrected chi connectivity index (χ4v) is 8.70. The van der Waals surface area contributed by atoms with Gasteiger partial charge < -0.3 is 39.3 Å². The Morgan fingerprint density at radius 3 is 2.66 bits per heavy atom. The number of nitrogens with two attached hydrogens (primary N) is 1. The number of hydrogen-bond donors (Lipinski definition) is 1. The van der Waals surface area contributed by atoms with Crippen molar-refractivity contribution >= 4 is 33.9 Å². The van der Waals surface area contributed by atoms with Crippen LogP contribution in [0.2, 0.25) is 0 Å².